The van der Waals surface area contributed by atoms with Crippen molar-refractivity contribution in [1.82, 2.24) is 0 Å². The number of carbonyl (C=O) groups excluding carboxylic acids is 1. The summed E-state index contributed by atoms with van der Waals surface area (Å²) in [6.07, 6.45) is 5.76. The van der Waals surface area contributed by atoms with Crippen LogP contribution >= 0.6 is 0 Å². The van der Waals surface area contributed by atoms with Gasteiger partial charge in [-0.3, -0.25) is 4.79 Å². The molecule has 0 aliphatic carbocycles. The molecule has 0 bridgehead atoms. The zero-order chi connectivity index (χ0) is 19.3. The van der Waals surface area contributed by atoms with Crippen molar-refractivity contribution < 1.29 is 32.0 Å². The zero-order valence-electron chi connectivity index (χ0n) is 14.1. The van der Waals surface area contributed by atoms with E-state index in [2.05, 4.69) is 11.3 Å². The summed E-state index contributed by atoms with van der Waals surface area (Å²) >= 11 is 0. The van der Waals surface area contributed by atoms with Gasteiger partial charge in [0.2, 0.25) is 5.91 Å². The first-order valence-electron chi connectivity index (χ1n) is 7.90. The number of hydrogen-bond acceptors (Lipinski definition) is 5. The molecule has 1 amide bonds. The van der Waals surface area contributed by atoms with Crippen molar-refractivity contribution in [2.75, 3.05) is 5.75 Å². The Labute approximate surface area is 147 Å². The molecule has 9 heteroatoms. The van der Waals surface area contributed by atoms with Crippen molar-refractivity contribution in [1.29, 1.82) is 0 Å². The van der Waals surface area contributed by atoms with Crippen LogP contribution in [0.3, 0.4) is 0 Å². The van der Waals surface area contributed by atoms with Gasteiger partial charge in [-0.25, -0.2) is 4.79 Å². The van der Waals surface area contributed by atoms with Gasteiger partial charge in [0.25, 0.3) is 10.1 Å². The quantitative estimate of drug-likeness (QED) is 0.604. The van der Waals surface area contributed by atoms with Crippen LogP contribution in [0.25, 0.3) is 0 Å². The average molecular weight is 377 g/mol. The molecule has 7 nitrogen and oxygen atoms in total. The molecule has 0 spiro atoms. The highest BCUT2D eigenvalue weighted by Crippen LogP contribution is 2.08. The number of amides is 1. The van der Waals surface area contributed by atoms with Crippen LogP contribution in [0.4, 0.5) is 4.53 Å². The number of primary amides is 1. The first-order chi connectivity index (χ1) is 11.7. The maximum atomic E-state index is 11.3. The Balaban J connectivity index is 0.000000462. The molecule has 0 saturated carbocycles. The standard InChI is InChI=1S/C8H17FO3S.C8H7NO3/c1-2-3-4-5-6-7-8-13(10,11)12-9;9-7(10)5-3-1-2-4-6(5)8(11)12/h2-8H2,1H3;1-4H,(H2,9,10)(H,11,12). The van der Waals surface area contributed by atoms with E-state index in [0.29, 0.717) is 6.42 Å². The normalized spacial score (nSPS) is 10.6. The predicted molar refractivity (Wildman–Crippen MR) is 91.3 cm³/mol. The fraction of sp³-hybridized carbons (Fsp3) is 0.500. The third kappa shape index (κ3) is 10.5. The number of hydrogen-bond donors (Lipinski definition) is 2. The number of carboxylic acids is 1. The summed E-state index contributed by atoms with van der Waals surface area (Å²) < 4.78 is 35.1. The number of halogens is 1. The summed E-state index contributed by atoms with van der Waals surface area (Å²) in [6.45, 7) is 2.11. The minimum absolute atomic E-state index is 0.0324. The van der Waals surface area contributed by atoms with Gasteiger partial charge >= 0.3 is 5.97 Å². The molecule has 0 radical (unpaired) electrons. The summed E-state index contributed by atoms with van der Waals surface area (Å²) in [5.74, 6) is -2.09. The molecule has 0 aliphatic heterocycles. The molecule has 1 aromatic rings. The number of rotatable bonds is 10. The molecule has 25 heavy (non-hydrogen) atoms. The lowest BCUT2D eigenvalue weighted by Crippen LogP contribution is -2.15. The molecule has 3 N–H and O–H groups in total. The maximum absolute atomic E-state index is 11.3. The van der Waals surface area contributed by atoms with Crippen molar-refractivity contribution in [3.05, 3.63) is 35.4 Å². The summed E-state index contributed by atoms with van der Waals surface area (Å²) in [4.78, 5) is 21.2. The van der Waals surface area contributed by atoms with Gasteiger partial charge in [-0.15, -0.1) is 0 Å². The summed E-state index contributed by atoms with van der Waals surface area (Å²) in [5.41, 5.74) is 4.92. The third-order valence-corrected chi connectivity index (χ3v) is 4.25. The van der Waals surface area contributed by atoms with Crippen molar-refractivity contribution in [2.24, 2.45) is 5.73 Å². The molecule has 0 unspecified atom stereocenters. The Kier molecular flexibility index (Phi) is 11.4. The van der Waals surface area contributed by atoms with Crippen LogP contribution in [-0.2, 0) is 14.5 Å². The monoisotopic (exact) mass is 377 g/mol. The van der Waals surface area contributed by atoms with Crippen LogP contribution < -0.4 is 5.73 Å². The zero-order valence-corrected chi connectivity index (χ0v) is 14.9. The van der Waals surface area contributed by atoms with Crippen LogP contribution in [0.5, 0.6) is 0 Å². The Morgan fingerprint density at radius 2 is 1.60 bits per heavy atom. The molecule has 1 rings (SSSR count). The van der Waals surface area contributed by atoms with E-state index in [-0.39, 0.29) is 16.9 Å². The van der Waals surface area contributed by atoms with Crippen LogP contribution in [0.2, 0.25) is 0 Å². The SMILES string of the molecule is CCCCCCCCS(=O)(=O)OF.NC(=O)c1ccccc1C(=O)O. The minimum Gasteiger partial charge on any atom is -0.478 e. The second-order valence-corrected chi connectivity index (χ2v) is 6.96. The molecule has 1 aromatic carbocycles. The van der Waals surface area contributed by atoms with E-state index in [4.69, 9.17) is 10.8 Å². The lowest BCUT2D eigenvalue weighted by atomic mass is 10.1. The third-order valence-electron chi connectivity index (χ3n) is 3.27. The summed E-state index contributed by atoms with van der Waals surface area (Å²) in [6, 6.07) is 5.82. The topological polar surface area (TPSA) is 124 Å². The fourth-order valence-corrected chi connectivity index (χ4v) is 2.60. The first kappa shape index (κ1) is 23.0. The number of aromatic carboxylic acids is 1. The van der Waals surface area contributed by atoms with Crippen LogP contribution in [0.15, 0.2) is 24.3 Å². The van der Waals surface area contributed by atoms with E-state index in [1.807, 2.05) is 0 Å². The van der Waals surface area contributed by atoms with Gasteiger partial charge in [-0.05, 0) is 23.1 Å². The highest BCUT2D eigenvalue weighted by Gasteiger charge is 2.12. The van der Waals surface area contributed by atoms with Crippen LogP contribution in [0, 0.1) is 0 Å². The predicted octanol–water partition coefficient (Wildman–Crippen LogP) is 3.06. The van der Waals surface area contributed by atoms with E-state index in [9.17, 15) is 22.5 Å². The molecule has 0 aromatic heterocycles. The fourth-order valence-electron chi connectivity index (χ4n) is 1.98. The average Bonchev–Trinajstić information content (AvgIpc) is 2.58. The van der Waals surface area contributed by atoms with Crippen LogP contribution in [-0.4, -0.2) is 31.2 Å². The first-order valence-corrected chi connectivity index (χ1v) is 9.48. The molecular formula is C16H24FNO6S. The lowest BCUT2D eigenvalue weighted by Gasteiger charge is -1.99. The molecule has 0 aliphatic rings. The number of carboxylic acid groups (broad SMARTS) is 1. The smallest absolute Gasteiger partial charge is 0.336 e. The lowest BCUT2D eigenvalue weighted by molar-refractivity contribution is 0.00288. The minimum atomic E-state index is -3.88. The Hall–Kier alpha value is -2.00. The summed E-state index contributed by atoms with van der Waals surface area (Å²) in [7, 11) is -3.88. The van der Waals surface area contributed by atoms with Gasteiger partial charge in [0.15, 0.2) is 0 Å². The Morgan fingerprint density at radius 1 is 1.08 bits per heavy atom. The van der Waals surface area contributed by atoms with Gasteiger partial charge in [-0.1, -0.05) is 55.5 Å². The van der Waals surface area contributed by atoms with Gasteiger partial charge in [0, 0.05) is 0 Å². The second kappa shape index (κ2) is 12.4. The molecule has 0 fully saturated rings. The van der Waals surface area contributed by atoms with Crippen molar-refractivity contribution in [3.63, 3.8) is 0 Å². The number of unbranched alkanes of at least 4 members (excludes halogenated alkanes) is 5. The van der Waals surface area contributed by atoms with E-state index in [1.54, 1.807) is 6.07 Å². The van der Waals surface area contributed by atoms with Crippen molar-refractivity contribution in [2.45, 2.75) is 45.4 Å². The van der Waals surface area contributed by atoms with Gasteiger partial charge in [-0.2, -0.15) is 8.42 Å². The largest absolute Gasteiger partial charge is 0.478 e. The molecular weight excluding hydrogens is 353 g/mol. The molecule has 0 saturated heterocycles. The van der Waals surface area contributed by atoms with E-state index >= 15 is 0 Å². The van der Waals surface area contributed by atoms with E-state index in [0.717, 1.165) is 25.7 Å². The van der Waals surface area contributed by atoms with E-state index < -0.39 is 22.0 Å². The number of carbonyl (C=O) groups is 2. The summed E-state index contributed by atoms with van der Waals surface area (Å²) in [5, 5.41) is 8.61. The van der Waals surface area contributed by atoms with Crippen molar-refractivity contribution >= 4 is 22.0 Å². The van der Waals surface area contributed by atoms with Gasteiger partial charge in [0.1, 0.15) is 0 Å². The molecule has 142 valence electrons. The highest BCUT2D eigenvalue weighted by molar-refractivity contribution is 7.86. The Morgan fingerprint density at radius 3 is 2.04 bits per heavy atom. The van der Waals surface area contributed by atoms with Crippen molar-refractivity contribution in [3.8, 4) is 0 Å². The Bertz CT molecular complexity index is 615. The molecule has 0 heterocycles. The van der Waals surface area contributed by atoms with Gasteiger partial charge < -0.3 is 10.8 Å². The number of benzene rings is 1. The highest BCUT2D eigenvalue weighted by atomic mass is 32.2. The molecule has 0 atom stereocenters. The van der Waals surface area contributed by atoms with E-state index in [1.165, 1.54) is 24.6 Å². The van der Waals surface area contributed by atoms with Crippen LogP contribution in [0.1, 0.15) is 66.2 Å². The maximum Gasteiger partial charge on any atom is 0.336 e. The second-order valence-electron chi connectivity index (χ2n) is 5.31. The van der Waals surface area contributed by atoms with Gasteiger partial charge in [0.05, 0.1) is 16.9 Å². The number of nitrogens with two attached hydrogens (primary N) is 1.